The summed E-state index contributed by atoms with van der Waals surface area (Å²) in [6.07, 6.45) is 1.48. The zero-order valence-electron chi connectivity index (χ0n) is 12.9. The fourth-order valence-electron chi connectivity index (χ4n) is 2.13. The summed E-state index contributed by atoms with van der Waals surface area (Å²) in [5.41, 5.74) is 0.353. The van der Waals surface area contributed by atoms with Gasteiger partial charge in [-0.15, -0.1) is 0 Å². The third-order valence-corrected chi connectivity index (χ3v) is 3.54. The van der Waals surface area contributed by atoms with Gasteiger partial charge in [-0.1, -0.05) is 44.2 Å². The first-order valence-electron chi connectivity index (χ1n) is 7.26. The molecule has 2 N–H and O–H groups in total. The average Bonchev–Trinajstić information content (AvgIpc) is 2.54. The van der Waals surface area contributed by atoms with Crippen LogP contribution in [0.2, 0.25) is 0 Å². The van der Waals surface area contributed by atoms with Crippen LogP contribution in [0.5, 0.6) is 0 Å². The highest BCUT2D eigenvalue weighted by Crippen LogP contribution is 2.27. The Morgan fingerprint density at radius 3 is 2.24 bits per heavy atom. The molecule has 1 aromatic carbocycles. The van der Waals surface area contributed by atoms with Gasteiger partial charge in [-0.3, -0.25) is 9.59 Å². The molecule has 0 spiro atoms. The molecule has 1 unspecified atom stereocenters. The molecule has 0 saturated heterocycles. The summed E-state index contributed by atoms with van der Waals surface area (Å²) >= 11 is 0. The molecule has 0 saturated carbocycles. The summed E-state index contributed by atoms with van der Waals surface area (Å²) < 4.78 is 5.64. The highest BCUT2D eigenvalue weighted by Gasteiger charge is 2.31. The second kappa shape index (κ2) is 8.42. The van der Waals surface area contributed by atoms with Gasteiger partial charge in [-0.25, -0.2) is 0 Å². The maximum absolute atomic E-state index is 11.8. The van der Waals surface area contributed by atoms with Crippen LogP contribution < -0.4 is 10.6 Å². The number of ether oxygens (including phenoxy) is 1. The van der Waals surface area contributed by atoms with Crippen LogP contribution in [-0.4, -0.2) is 32.0 Å². The lowest BCUT2D eigenvalue weighted by atomic mass is 9.90. The number of carbonyl (C=O) groups excluding carboxylic acids is 2. The molecule has 1 atom stereocenters. The molecule has 0 radical (unpaired) electrons. The van der Waals surface area contributed by atoms with E-state index in [0.29, 0.717) is 13.0 Å². The fraction of sp³-hybridized carbons (Fsp3) is 0.500. The molecule has 0 bridgehead atoms. The number of carbonyl (C=O) groups is 2. The van der Waals surface area contributed by atoms with E-state index < -0.39 is 17.4 Å². The van der Waals surface area contributed by atoms with Crippen LogP contribution in [0.15, 0.2) is 30.3 Å². The number of methoxy groups -OCH3 is 1. The standard InChI is InChI=1S/C16H24N2O3/c1-4-11-17-14(19)15(20)18-12-16(5-2,21-3)13-9-7-6-8-10-13/h6-10H,4-5,11-12H2,1-3H3,(H,17,19)(H,18,20). The Morgan fingerprint density at radius 1 is 1.10 bits per heavy atom. The van der Waals surface area contributed by atoms with Crippen LogP contribution in [0.3, 0.4) is 0 Å². The Kier molecular flexibility index (Phi) is 6.88. The quantitative estimate of drug-likeness (QED) is 0.750. The summed E-state index contributed by atoms with van der Waals surface area (Å²) in [7, 11) is 1.61. The van der Waals surface area contributed by atoms with Crippen LogP contribution in [0.1, 0.15) is 32.3 Å². The highest BCUT2D eigenvalue weighted by molar-refractivity contribution is 6.35. The van der Waals surface area contributed by atoms with Crippen LogP contribution in [0, 0.1) is 0 Å². The Bertz CT molecular complexity index is 456. The first-order valence-corrected chi connectivity index (χ1v) is 7.26. The van der Waals surface area contributed by atoms with E-state index in [0.717, 1.165) is 12.0 Å². The molecule has 0 fully saturated rings. The lowest BCUT2D eigenvalue weighted by Gasteiger charge is -2.32. The monoisotopic (exact) mass is 292 g/mol. The topological polar surface area (TPSA) is 67.4 Å². The van der Waals surface area contributed by atoms with E-state index in [1.54, 1.807) is 7.11 Å². The summed E-state index contributed by atoms with van der Waals surface area (Å²) in [5, 5.41) is 5.21. The van der Waals surface area contributed by atoms with Gasteiger partial charge in [-0.05, 0) is 18.4 Å². The number of benzene rings is 1. The van der Waals surface area contributed by atoms with Crippen molar-refractivity contribution < 1.29 is 14.3 Å². The summed E-state index contributed by atoms with van der Waals surface area (Å²) in [6, 6.07) is 9.69. The van der Waals surface area contributed by atoms with Gasteiger partial charge in [0.25, 0.3) is 0 Å². The first kappa shape index (κ1) is 17.2. The van der Waals surface area contributed by atoms with Crippen molar-refractivity contribution in [2.24, 2.45) is 0 Å². The average molecular weight is 292 g/mol. The third-order valence-electron chi connectivity index (χ3n) is 3.54. The van der Waals surface area contributed by atoms with Crippen LogP contribution >= 0.6 is 0 Å². The number of nitrogens with one attached hydrogen (secondary N) is 2. The lowest BCUT2D eigenvalue weighted by Crippen LogP contribution is -2.47. The van der Waals surface area contributed by atoms with Crippen molar-refractivity contribution in [2.45, 2.75) is 32.3 Å². The largest absolute Gasteiger partial charge is 0.372 e. The third kappa shape index (κ3) is 4.56. The molecular formula is C16H24N2O3. The van der Waals surface area contributed by atoms with Gasteiger partial charge in [-0.2, -0.15) is 0 Å². The molecule has 116 valence electrons. The molecule has 5 heteroatoms. The Labute approximate surface area is 126 Å². The van der Waals surface area contributed by atoms with Gasteiger partial charge in [0.2, 0.25) is 0 Å². The highest BCUT2D eigenvalue weighted by atomic mass is 16.5. The van der Waals surface area contributed by atoms with Crippen LogP contribution in [-0.2, 0) is 19.9 Å². The van der Waals surface area contributed by atoms with Crippen molar-refractivity contribution in [2.75, 3.05) is 20.2 Å². The van der Waals surface area contributed by atoms with Crippen LogP contribution in [0.25, 0.3) is 0 Å². The smallest absolute Gasteiger partial charge is 0.309 e. The van der Waals surface area contributed by atoms with Gasteiger partial charge in [0.05, 0.1) is 6.54 Å². The minimum atomic E-state index is -0.630. The molecule has 1 rings (SSSR count). The van der Waals surface area contributed by atoms with E-state index in [-0.39, 0.29) is 6.54 Å². The maximum Gasteiger partial charge on any atom is 0.309 e. The van der Waals surface area contributed by atoms with E-state index in [1.807, 2.05) is 44.2 Å². The summed E-state index contributed by atoms with van der Waals surface area (Å²) in [4.78, 5) is 23.3. The van der Waals surface area contributed by atoms with Gasteiger partial charge >= 0.3 is 11.8 Å². The predicted octanol–water partition coefficient (Wildman–Crippen LogP) is 1.58. The van der Waals surface area contributed by atoms with Crippen molar-refractivity contribution >= 4 is 11.8 Å². The molecule has 21 heavy (non-hydrogen) atoms. The van der Waals surface area contributed by atoms with E-state index in [2.05, 4.69) is 10.6 Å². The first-order chi connectivity index (χ1) is 10.1. The van der Waals surface area contributed by atoms with Crippen molar-refractivity contribution in [1.82, 2.24) is 10.6 Å². The van der Waals surface area contributed by atoms with E-state index in [1.165, 1.54) is 0 Å². The van der Waals surface area contributed by atoms with E-state index in [9.17, 15) is 9.59 Å². The van der Waals surface area contributed by atoms with Crippen molar-refractivity contribution in [3.63, 3.8) is 0 Å². The zero-order valence-corrected chi connectivity index (χ0v) is 12.9. The summed E-state index contributed by atoms with van der Waals surface area (Å²) in [6.45, 7) is 4.66. The van der Waals surface area contributed by atoms with E-state index in [4.69, 9.17) is 4.74 Å². The molecule has 5 nitrogen and oxygen atoms in total. The number of hydrogen-bond donors (Lipinski definition) is 2. The normalized spacial score (nSPS) is 13.3. The molecular weight excluding hydrogens is 268 g/mol. The van der Waals surface area contributed by atoms with Crippen molar-refractivity contribution in [3.05, 3.63) is 35.9 Å². The molecule has 0 aliphatic rings. The van der Waals surface area contributed by atoms with Gasteiger partial charge in [0, 0.05) is 13.7 Å². The molecule has 0 aromatic heterocycles. The second-order valence-electron chi connectivity index (χ2n) is 4.86. The Balaban J connectivity index is 2.72. The molecule has 0 heterocycles. The van der Waals surface area contributed by atoms with Gasteiger partial charge < -0.3 is 15.4 Å². The predicted molar refractivity (Wildman–Crippen MR) is 81.7 cm³/mol. The fourth-order valence-corrected chi connectivity index (χ4v) is 2.13. The van der Waals surface area contributed by atoms with Crippen molar-refractivity contribution in [1.29, 1.82) is 0 Å². The second-order valence-corrected chi connectivity index (χ2v) is 4.86. The van der Waals surface area contributed by atoms with Gasteiger partial charge in [0.1, 0.15) is 5.60 Å². The van der Waals surface area contributed by atoms with Crippen molar-refractivity contribution in [3.8, 4) is 0 Å². The molecule has 2 amide bonds. The molecule has 1 aromatic rings. The summed E-state index contributed by atoms with van der Waals surface area (Å²) in [5.74, 6) is -1.24. The van der Waals surface area contributed by atoms with Gasteiger partial charge in [0.15, 0.2) is 0 Å². The number of amides is 2. The minimum Gasteiger partial charge on any atom is -0.372 e. The number of hydrogen-bond acceptors (Lipinski definition) is 3. The van der Waals surface area contributed by atoms with E-state index >= 15 is 0 Å². The molecule has 0 aliphatic heterocycles. The lowest BCUT2D eigenvalue weighted by molar-refractivity contribution is -0.140. The zero-order chi connectivity index (χ0) is 15.7. The maximum atomic E-state index is 11.8. The Hall–Kier alpha value is -1.88. The minimum absolute atomic E-state index is 0.252. The number of rotatable bonds is 7. The van der Waals surface area contributed by atoms with Crippen LogP contribution in [0.4, 0.5) is 0 Å². The SMILES string of the molecule is CCCNC(=O)C(=O)NCC(CC)(OC)c1ccccc1. The molecule has 0 aliphatic carbocycles. The Morgan fingerprint density at radius 2 is 1.71 bits per heavy atom.